The van der Waals surface area contributed by atoms with Crippen LogP contribution in [0.2, 0.25) is 0 Å². The van der Waals surface area contributed by atoms with Crippen LogP contribution in [0, 0.1) is 6.92 Å². The smallest absolute Gasteiger partial charge is 0.337 e. The molecule has 1 N–H and O–H groups in total. The summed E-state index contributed by atoms with van der Waals surface area (Å²) in [7, 11) is 3.03. The fourth-order valence-corrected chi connectivity index (χ4v) is 4.36. The third-order valence-corrected chi connectivity index (χ3v) is 5.79. The molecular formula is C19H21N3O4S. The van der Waals surface area contributed by atoms with Crippen LogP contribution in [-0.2, 0) is 23.6 Å². The van der Waals surface area contributed by atoms with Crippen LogP contribution >= 0.6 is 11.3 Å². The van der Waals surface area contributed by atoms with E-state index in [4.69, 9.17) is 4.74 Å². The number of hydrogen-bond acceptors (Lipinski definition) is 6. The molecule has 1 atom stereocenters. The summed E-state index contributed by atoms with van der Waals surface area (Å²) in [6.07, 6.45) is 1.49. The first-order valence-electron chi connectivity index (χ1n) is 8.39. The molecule has 8 heteroatoms. The molecule has 0 radical (unpaired) electrons. The van der Waals surface area contributed by atoms with Crippen molar-refractivity contribution in [3.63, 3.8) is 0 Å². The summed E-state index contributed by atoms with van der Waals surface area (Å²) in [5, 5.41) is 4.98. The number of rotatable bonds is 4. The summed E-state index contributed by atoms with van der Waals surface area (Å²) in [4.78, 5) is 39.0. The van der Waals surface area contributed by atoms with E-state index in [-0.39, 0.29) is 6.61 Å². The highest BCUT2D eigenvalue weighted by Crippen LogP contribution is 2.42. The number of aromatic nitrogens is 2. The van der Waals surface area contributed by atoms with Gasteiger partial charge in [-0.3, -0.25) is 13.9 Å². The Morgan fingerprint density at radius 2 is 2.04 bits per heavy atom. The summed E-state index contributed by atoms with van der Waals surface area (Å²) in [5.41, 5.74) is 1.39. The van der Waals surface area contributed by atoms with Crippen molar-refractivity contribution in [1.82, 2.24) is 9.13 Å². The van der Waals surface area contributed by atoms with Crippen LogP contribution in [0.15, 0.2) is 45.0 Å². The van der Waals surface area contributed by atoms with Crippen LogP contribution in [-0.4, -0.2) is 21.7 Å². The molecule has 2 aromatic rings. The Morgan fingerprint density at radius 3 is 2.63 bits per heavy atom. The van der Waals surface area contributed by atoms with E-state index in [1.54, 1.807) is 14.0 Å². The van der Waals surface area contributed by atoms with Crippen molar-refractivity contribution >= 4 is 23.1 Å². The van der Waals surface area contributed by atoms with Gasteiger partial charge in [-0.25, -0.2) is 9.59 Å². The molecule has 0 amide bonds. The van der Waals surface area contributed by atoms with Gasteiger partial charge in [-0.15, -0.1) is 11.3 Å². The topological polar surface area (TPSA) is 82.3 Å². The van der Waals surface area contributed by atoms with E-state index in [9.17, 15) is 14.4 Å². The van der Waals surface area contributed by atoms with Crippen LogP contribution in [0.3, 0.4) is 0 Å². The first kappa shape index (κ1) is 18.9. The van der Waals surface area contributed by atoms with E-state index in [2.05, 4.69) is 11.9 Å². The summed E-state index contributed by atoms with van der Waals surface area (Å²) in [6.45, 7) is 7.31. The average molecular weight is 387 g/mol. The van der Waals surface area contributed by atoms with Gasteiger partial charge in [0.1, 0.15) is 12.4 Å². The predicted molar refractivity (Wildman–Crippen MR) is 105 cm³/mol. The number of fused-ring (bicyclic) bond motifs is 1. The number of thiophene rings is 1. The number of anilines is 1. The minimum atomic E-state index is -0.607. The molecule has 0 bridgehead atoms. The van der Waals surface area contributed by atoms with Gasteiger partial charge in [-0.2, -0.15) is 0 Å². The molecule has 0 fully saturated rings. The van der Waals surface area contributed by atoms with Gasteiger partial charge in [0.2, 0.25) is 0 Å². The van der Waals surface area contributed by atoms with Crippen molar-refractivity contribution in [2.75, 3.05) is 11.9 Å². The maximum atomic E-state index is 13.0. The molecule has 3 heterocycles. The maximum absolute atomic E-state index is 13.0. The maximum Gasteiger partial charge on any atom is 0.337 e. The third-order valence-electron chi connectivity index (χ3n) is 4.70. The Kier molecular flexibility index (Phi) is 4.93. The molecule has 0 spiro atoms. The monoisotopic (exact) mass is 387 g/mol. The Balaban J connectivity index is 2.35. The summed E-state index contributed by atoms with van der Waals surface area (Å²) < 4.78 is 7.73. The minimum absolute atomic E-state index is 0.0733. The molecule has 0 aliphatic carbocycles. The number of allylic oxidation sites excluding steroid dienone is 1. The lowest BCUT2D eigenvalue weighted by Crippen LogP contribution is -2.43. The molecule has 0 unspecified atom stereocenters. The second-order valence-electron chi connectivity index (χ2n) is 6.42. The zero-order valence-electron chi connectivity index (χ0n) is 15.7. The second kappa shape index (κ2) is 7.03. The molecule has 7 nitrogen and oxygen atoms in total. The number of ether oxygens (including phenoxy) is 1. The molecule has 1 aliphatic heterocycles. The van der Waals surface area contributed by atoms with Crippen molar-refractivity contribution in [3.8, 4) is 0 Å². The summed E-state index contributed by atoms with van der Waals surface area (Å²) in [6, 6.07) is 1.94. The Bertz CT molecular complexity index is 1090. The van der Waals surface area contributed by atoms with Gasteiger partial charge >= 0.3 is 11.7 Å². The van der Waals surface area contributed by atoms with Crippen LogP contribution in [0.5, 0.6) is 0 Å². The normalized spacial score (nSPS) is 15.9. The molecule has 0 saturated heterocycles. The zero-order valence-corrected chi connectivity index (χ0v) is 16.5. The zero-order chi connectivity index (χ0) is 19.9. The van der Waals surface area contributed by atoms with Gasteiger partial charge in [0, 0.05) is 24.7 Å². The van der Waals surface area contributed by atoms with E-state index in [0.29, 0.717) is 22.7 Å². The van der Waals surface area contributed by atoms with Gasteiger partial charge in [-0.1, -0.05) is 12.7 Å². The first-order chi connectivity index (χ1) is 12.8. The SMILES string of the molecule is C=CCOC(=O)C1=C(C)Nc2c(c(=O)n(C)c(=O)n2C)[C@@H]1c1sccc1C. The number of esters is 1. The minimum Gasteiger partial charge on any atom is -0.458 e. The standard InChI is InChI=1S/C19H21N3O4S/c1-6-8-26-18(24)12-11(3)20-16-14(13(12)15-10(2)7-9-27-15)17(23)22(5)19(25)21(16)4/h6-7,9,13,20H,1,8H2,2-5H3/t13-/m1/s1. The third kappa shape index (κ3) is 2.95. The molecule has 27 heavy (non-hydrogen) atoms. The number of carbonyl (C=O) groups excluding carboxylic acids is 1. The van der Waals surface area contributed by atoms with Crippen molar-refractivity contribution in [2.45, 2.75) is 19.8 Å². The lowest BCUT2D eigenvalue weighted by molar-refractivity contribution is -0.138. The highest BCUT2D eigenvalue weighted by atomic mass is 32.1. The van der Waals surface area contributed by atoms with Crippen LogP contribution in [0.25, 0.3) is 0 Å². The van der Waals surface area contributed by atoms with E-state index in [1.165, 1.54) is 29.0 Å². The van der Waals surface area contributed by atoms with E-state index in [1.807, 2.05) is 18.4 Å². The van der Waals surface area contributed by atoms with E-state index < -0.39 is 23.1 Å². The second-order valence-corrected chi connectivity index (χ2v) is 7.37. The lowest BCUT2D eigenvalue weighted by Gasteiger charge is -2.30. The van der Waals surface area contributed by atoms with Crippen molar-refractivity contribution in [2.24, 2.45) is 14.1 Å². The summed E-state index contributed by atoms with van der Waals surface area (Å²) >= 11 is 1.47. The van der Waals surface area contributed by atoms with Gasteiger partial charge in [0.05, 0.1) is 17.1 Å². The van der Waals surface area contributed by atoms with Gasteiger partial charge in [0.25, 0.3) is 5.56 Å². The Morgan fingerprint density at radius 1 is 1.33 bits per heavy atom. The molecule has 1 aliphatic rings. The van der Waals surface area contributed by atoms with Crippen molar-refractivity contribution in [3.05, 3.63) is 72.2 Å². The van der Waals surface area contributed by atoms with Crippen LogP contribution < -0.4 is 16.6 Å². The molecular weight excluding hydrogens is 366 g/mol. The van der Waals surface area contributed by atoms with Gasteiger partial charge in [-0.05, 0) is 30.9 Å². The highest BCUT2D eigenvalue weighted by Gasteiger charge is 2.38. The number of hydrogen-bond donors (Lipinski definition) is 1. The number of nitrogens with one attached hydrogen (secondary N) is 1. The predicted octanol–water partition coefficient (Wildman–Crippen LogP) is 2.01. The van der Waals surface area contributed by atoms with Gasteiger partial charge < -0.3 is 10.1 Å². The Hall–Kier alpha value is -2.87. The number of aryl methyl sites for hydroxylation is 1. The molecule has 3 rings (SSSR count). The first-order valence-corrected chi connectivity index (χ1v) is 9.27. The molecule has 0 saturated carbocycles. The molecule has 142 valence electrons. The highest BCUT2D eigenvalue weighted by molar-refractivity contribution is 7.10. The number of nitrogens with zero attached hydrogens (tertiary/aromatic N) is 2. The van der Waals surface area contributed by atoms with E-state index in [0.717, 1.165) is 15.0 Å². The molecule has 2 aromatic heterocycles. The van der Waals surface area contributed by atoms with Gasteiger partial charge in [0.15, 0.2) is 0 Å². The van der Waals surface area contributed by atoms with E-state index >= 15 is 0 Å². The quantitative estimate of drug-likeness (QED) is 0.641. The average Bonchev–Trinajstić information content (AvgIpc) is 3.07. The fraction of sp³-hybridized carbons (Fsp3) is 0.316. The van der Waals surface area contributed by atoms with Crippen LogP contribution in [0.4, 0.5) is 5.82 Å². The largest absolute Gasteiger partial charge is 0.458 e. The molecule has 0 aromatic carbocycles. The summed E-state index contributed by atoms with van der Waals surface area (Å²) in [5.74, 6) is -0.720. The lowest BCUT2D eigenvalue weighted by atomic mass is 9.85. The Labute approximate surface area is 160 Å². The van der Waals surface area contributed by atoms with Crippen molar-refractivity contribution < 1.29 is 9.53 Å². The van der Waals surface area contributed by atoms with Crippen molar-refractivity contribution in [1.29, 1.82) is 0 Å². The van der Waals surface area contributed by atoms with Crippen LogP contribution in [0.1, 0.15) is 28.8 Å². The number of carbonyl (C=O) groups is 1. The fourth-order valence-electron chi connectivity index (χ4n) is 3.31.